The maximum Gasteiger partial charge on any atom is 0.325 e. The van der Waals surface area contributed by atoms with Crippen molar-refractivity contribution in [1.82, 2.24) is 15.2 Å². The number of urea groups is 1. The summed E-state index contributed by atoms with van der Waals surface area (Å²) in [4.78, 5) is 31.6. The maximum absolute atomic E-state index is 13.2. The van der Waals surface area contributed by atoms with Gasteiger partial charge in [0.05, 0.1) is 31.4 Å². The fourth-order valence-electron chi connectivity index (χ4n) is 4.70. The topological polar surface area (TPSA) is 90.0 Å². The van der Waals surface area contributed by atoms with Crippen molar-refractivity contribution in [3.05, 3.63) is 65.4 Å². The Kier molecular flexibility index (Phi) is 8.52. The van der Waals surface area contributed by atoms with Crippen molar-refractivity contribution < 1.29 is 23.8 Å². The van der Waals surface area contributed by atoms with Gasteiger partial charge in [-0.1, -0.05) is 37.6 Å². The minimum absolute atomic E-state index is 0.0526. The van der Waals surface area contributed by atoms with Crippen molar-refractivity contribution in [2.45, 2.75) is 59.1 Å². The molecule has 1 saturated heterocycles. The number of pyridine rings is 1. The number of ether oxygens (including phenoxy) is 3. The van der Waals surface area contributed by atoms with Crippen molar-refractivity contribution in [2.24, 2.45) is 0 Å². The summed E-state index contributed by atoms with van der Waals surface area (Å²) in [6.07, 6.45) is 3.82. The quantitative estimate of drug-likeness (QED) is 0.263. The number of nitrogens with one attached hydrogen (secondary N) is 1. The smallest absolute Gasteiger partial charge is 0.325 e. The van der Waals surface area contributed by atoms with Crippen LogP contribution in [0.1, 0.15) is 50.8 Å². The van der Waals surface area contributed by atoms with Crippen molar-refractivity contribution in [2.75, 3.05) is 26.4 Å². The molecule has 0 aliphatic carbocycles. The number of carbonyl (C=O) groups is 2. The third kappa shape index (κ3) is 5.75. The molecule has 1 atom stereocenters. The molecule has 1 aliphatic rings. The Morgan fingerprint density at radius 1 is 1.05 bits per heavy atom. The van der Waals surface area contributed by atoms with Crippen LogP contribution in [-0.4, -0.2) is 54.3 Å². The van der Waals surface area contributed by atoms with E-state index in [9.17, 15) is 9.59 Å². The number of fused-ring (bicyclic) bond motifs is 1. The molecule has 8 nitrogen and oxygen atoms in total. The third-order valence-electron chi connectivity index (χ3n) is 6.65. The molecule has 1 unspecified atom stereocenters. The molecule has 0 radical (unpaired) electrons. The van der Waals surface area contributed by atoms with Gasteiger partial charge in [0.1, 0.15) is 23.6 Å². The lowest BCUT2D eigenvalue weighted by Gasteiger charge is -2.22. The lowest BCUT2D eigenvalue weighted by molar-refractivity contribution is -0.131. The molecule has 1 N–H and O–H groups in total. The van der Waals surface area contributed by atoms with E-state index in [1.54, 1.807) is 6.92 Å². The van der Waals surface area contributed by atoms with Gasteiger partial charge in [0.2, 0.25) is 0 Å². The second-order valence-electron chi connectivity index (χ2n) is 10.00. The average Bonchev–Trinajstić information content (AvgIpc) is 3.10. The molecule has 8 heteroatoms. The number of benzene rings is 2. The fourth-order valence-corrected chi connectivity index (χ4v) is 4.70. The van der Waals surface area contributed by atoms with Crippen LogP contribution < -0.4 is 14.8 Å². The predicted molar refractivity (Wildman–Crippen MR) is 147 cm³/mol. The van der Waals surface area contributed by atoms with E-state index in [4.69, 9.17) is 14.2 Å². The molecular formula is C30H37N3O5. The standard InChI is InChI=1S/C30H37N3O5/c1-6-8-22-19-31-26-21(4)9-7-10-25(26)27(22)37-18-17-36-16-15-33-28(34)30(5,32-29(33)35)23-11-13-24(14-12-23)38-20(2)3/h7,9-14,19-20H,6,8,15-18H2,1-5H3,(H,32,35). The highest BCUT2D eigenvalue weighted by Crippen LogP contribution is 2.32. The third-order valence-corrected chi connectivity index (χ3v) is 6.65. The molecule has 202 valence electrons. The van der Waals surface area contributed by atoms with Crippen LogP contribution >= 0.6 is 0 Å². The largest absolute Gasteiger partial charge is 0.491 e. The highest BCUT2D eigenvalue weighted by atomic mass is 16.5. The van der Waals surface area contributed by atoms with E-state index in [1.165, 1.54) is 4.90 Å². The van der Waals surface area contributed by atoms with Crippen LogP contribution in [-0.2, 0) is 21.5 Å². The predicted octanol–water partition coefficient (Wildman–Crippen LogP) is 5.15. The second-order valence-corrected chi connectivity index (χ2v) is 10.00. The molecule has 2 aromatic carbocycles. The lowest BCUT2D eigenvalue weighted by atomic mass is 9.92. The van der Waals surface area contributed by atoms with E-state index < -0.39 is 11.6 Å². The average molecular weight is 520 g/mol. The van der Waals surface area contributed by atoms with Gasteiger partial charge in [0.25, 0.3) is 5.91 Å². The van der Waals surface area contributed by atoms with Gasteiger partial charge in [-0.15, -0.1) is 0 Å². The minimum atomic E-state index is -1.13. The Balaban J connectivity index is 1.31. The van der Waals surface area contributed by atoms with Crippen LogP contribution in [0.15, 0.2) is 48.7 Å². The Hall–Kier alpha value is -3.65. The molecule has 0 saturated carbocycles. The zero-order valence-corrected chi connectivity index (χ0v) is 22.9. The fraction of sp³-hybridized carbons (Fsp3) is 0.433. The van der Waals surface area contributed by atoms with Crippen molar-refractivity contribution in [3.8, 4) is 11.5 Å². The summed E-state index contributed by atoms with van der Waals surface area (Å²) in [5.74, 6) is 1.26. The van der Waals surface area contributed by atoms with E-state index >= 15 is 0 Å². The van der Waals surface area contributed by atoms with Gasteiger partial charge < -0.3 is 19.5 Å². The first-order valence-corrected chi connectivity index (χ1v) is 13.2. The summed E-state index contributed by atoms with van der Waals surface area (Å²) in [6, 6.07) is 12.9. The van der Waals surface area contributed by atoms with Crippen LogP contribution in [0.5, 0.6) is 11.5 Å². The van der Waals surface area contributed by atoms with E-state index in [0.717, 1.165) is 40.6 Å². The van der Waals surface area contributed by atoms with Crippen LogP contribution in [0, 0.1) is 6.92 Å². The van der Waals surface area contributed by atoms with Gasteiger partial charge in [-0.2, -0.15) is 0 Å². The summed E-state index contributed by atoms with van der Waals surface area (Å²) in [5, 5.41) is 3.83. The molecule has 0 spiro atoms. The normalized spacial score (nSPS) is 17.4. The number of para-hydroxylation sites is 1. The first kappa shape index (κ1) is 27.4. The second kappa shape index (κ2) is 11.8. The number of amides is 3. The molecule has 4 rings (SSSR count). The van der Waals surface area contributed by atoms with Gasteiger partial charge >= 0.3 is 6.03 Å². The SMILES string of the molecule is CCCc1cnc2c(C)cccc2c1OCCOCCN1C(=O)NC(C)(c2ccc(OC(C)C)cc2)C1=O. The molecule has 38 heavy (non-hydrogen) atoms. The number of imide groups is 1. The van der Waals surface area contributed by atoms with Crippen LogP contribution in [0.2, 0.25) is 0 Å². The molecule has 3 aromatic rings. The van der Waals surface area contributed by atoms with Crippen LogP contribution in [0.4, 0.5) is 4.79 Å². The van der Waals surface area contributed by atoms with Crippen LogP contribution in [0.3, 0.4) is 0 Å². The van der Waals surface area contributed by atoms with Crippen molar-refractivity contribution in [3.63, 3.8) is 0 Å². The number of nitrogens with zero attached hydrogens (tertiary/aromatic N) is 2. The molecule has 2 heterocycles. The number of rotatable bonds is 12. The van der Waals surface area contributed by atoms with Crippen molar-refractivity contribution >= 4 is 22.8 Å². The minimum Gasteiger partial charge on any atom is -0.491 e. The maximum atomic E-state index is 13.2. The Bertz CT molecular complexity index is 1290. The molecule has 1 aliphatic heterocycles. The molecule has 0 bridgehead atoms. The van der Waals surface area contributed by atoms with Crippen molar-refractivity contribution in [1.29, 1.82) is 0 Å². The molecule has 1 aromatic heterocycles. The lowest BCUT2D eigenvalue weighted by Crippen LogP contribution is -2.41. The molecule has 3 amide bonds. The zero-order chi connectivity index (χ0) is 27.3. The zero-order valence-electron chi connectivity index (χ0n) is 22.9. The van der Waals surface area contributed by atoms with Gasteiger partial charge in [-0.25, -0.2) is 4.79 Å². The van der Waals surface area contributed by atoms with E-state index in [0.29, 0.717) is 24.5 Å². The highest BCUT2D eigenvalue weighted by molar-refractivity contribution is 6.07. The van der Waals surface area contributed by atoms with Gasteiger partial charge in [0, 0.05) is 17.1 Å². The van der Waals surface area contributed by atoms with Gasteiger partial charge in [-0.3, -0.25) is 14.7 Å². The highest BCUT2D eigenvalue weighted by Gasteiger charge is 2.48. The van der Waals surface area contributed by atoms with E-state index in [-0.39, 0.29) is 25.2 Å². The number of carbonyl (C=O) groups excluding carboxylic acids is 2. The number of hydrogen-bond acceptors (Lipinski definition) is 6. The number of aromatic nitrogens is 1. The summed E-state index contributed by atoms with van der Waals surface area (Å²) < 4.78 is 17.6. The Labute approximate surface area is 224 Å². The van der Waals surface area contributed by atoms with Gasteiger partial charge in [-0.05, 0) is 63.4 Å². The molecule has 1 fully saturated rings. The van der Waals surface area contributed by atoms with Crippen LogP contribution in [0.25, 0.3) is 10.9 Å². The number of hydrogen-bond donors (Lipinski definition) is 1. The first-order chi connectivity index (χ1) is 18.2. The van der Waals surface area contributed by atoms with Gasteiger partial charge in [0.15, 0.2) is 0 Å². The summed E-state index contributed by atoms with van der Waals surface area (Å²) in [6.45, 7) is 10.9. The molecular weight excluding hydrogens is 482 g/mol. The summed E-state index contributed by atoms with van der Waals surface area (Å²) in [5.41, 5.74) is 2.69. The first-order valence-electron chi connectivity index (χ1n) is 13.2. The Morgan fingerprint density at radius 2 is 1.82 bits per heavy atom. The summed E-state index contributed by atoms with van der Waals surface area (Å²) >= 11 is 0. The number of aryl methyl sites for hydroxylation is 2. The summed E-state index contributed by atoms with van der Waals surface area (Å²) in [7, 11) is 0. The van der Waals surface area contributed by atoms with E-state index in [2.05, 4.69) is 17.2 Å². The van der Waals surface area contributed by atoms with E-state index in [1.807, 2.05) is 69.4 Å². The Morgan fingerprint density at radius 3 is 2.53 bits per heavy atom. The monoisotopic (exact) mass is 519 g/mol.